The first-order valence-corrected chi connectivity index (χ1v) is 7.15. The fourth-order valence-corrected chi connectivity index (χ4v) is 1.93. The number of carboxylic acid groups (broad SMARTS) is 1. The summed E-state index contributed by atoms with van der Waals surface area (Å²) < 4.78 is 0. The molecule has 1 rings (SSSR count). The lowest BCUT2D eigenvalue weighted by Gasteiger charge is -2.23. The molecule has 0 aliphatic carbocycles. The maximum atomic E-state index is 12.0. The highest BCUT2D eigenvalue weighted by Gasteiger charge is 2.17. The highest BCUT2D eigenvalue weighted by atomic mass is 16.4. The summed E-state index contributed by atoms with van der Waals surface area (Å²) in [7, 11) is 0. The zero-order valence-electron chi connectivity index (χ0n) is 13.1. The summed E-state index contributed by atoms with van der Waals surface area (Å²) in [4.78, 5) is 24.4. The van der Waals surface area contributed by atoms with E-state index in [9.17, 15) is 9.59 Å². The van der Waals surface area contributed by atoms with Crippen LogP contribution in [0.15, 0.2) is 24.3 Å². The van der Waals surface area contributed by atoms with Crippen LogP contribution in [0.4, 0.5) is 5.69 Å². The largest absolute Gasteiger partial charge is 0.480 e. The Morgan fingerprint density at radius 2 is 1.67 bits per heavy atom. The number of carbonyl (C=O) groups is 2. The van der Waals surface area contributed by atoms with Gasteiger partial charge in [0, 0.05) is 11.7 Å². The molecule has 5 heteroatoms. The number of carboxylic acids is 1. The molecule has 0 unspecified atom stereocenters. The smallest absolute Gasteiger partial charge is 0.317 e. The van der Waals surface area contributed by atoms with Crippen molar-refractivity contribution in [2.24, 2.45) is 0 Å². The first-order chi connectivity index (χ1) is 9.79. The third-order valence-electron chi connectivity index (χ3n) is 3.28. The maximum Gasteiger partial charge on any atom is 0.317 e. The molecule has 0 atom stereocenters. The maximum absolute atomic E-state index is 12.0. The first-order valence-electron chi connectivity index (χ1n) is 7.15. The second kappa shape index (κ2) is 7.78. The minimum atomic E-state index is -0.933. The summed E-state index contributed by atoms with van der Waals surface area (Å²) in [6.07, 6.45) is 0. The predicted octanol–water partition coefficient (Wildman–Crippen LogP) is 2.54. The Kier molecular flexibility index (Phi) is 6.37. The minimum Gasteiger partial charge on any atom is -0.480 e. The number of nitrogens with zero attached hydrogens (tertiary/aromatic N) is 1. The van der Waals surface area contributed by atoms with Crippen LogP contribution in [0.25, 0.3) is 0 Å². The van der Waals surface area contributed by atoms with E-state index in [1.807, 2.05) is 38.1 Å². The minimum absolute atomic E-state index is 0.00448. The molecule has 0 aromatic heterocycles. The summed E-state index contributed by atoms with van der Waals surface area (Å²) >= 11 is 0. The Labute approximate surface area is 126 Å². The number of anilines is 1. The summed E-state index contributed by atoms with van der Waals surface area (Å²) in [6, 6.07) is 7.69. The van der Waals surface area contributed by atoms with Crippen molar-refractivity contribution in [2.45, 2.75) is 39.7 Å². The van der Waals surface area contributed by atoms with Gasteiger partial charge in [0.2, 0.25) is 5.91 Å². The quantitative estimate of drug-likeness (QED) is 0.810. The summed E-state index contributed by atoms with van der Waals surface area (Å²) in [5.74, 6) is -0.693. The van der Waals surface area contributed by atoms with Gasteiger partial charge in [-0.05, 0) is 37.5 Å². The first kappa shape index (κ1) is 17.2. The van der Waals surface area contributed by atoms with E-state index < -0.39 is 5.97 Å². The predicted molar refractivity (Wildman–Crippen MR) is 83.5 cm³/mol. The number of benzene rings is 1. The molecule has 0 heterocycles. The van der Waals surface area contributed by atoms with E-state index in [0.717, 1.165) is 5.69 Å². The normalized spacial score (nSPS) is 11.2. The van der Waals surface area contributed by atoms with E-state index in [-0.39, 0.29) is 25.0 Å². The van der Waals surface area contributed by atoms with Gasteiger partial charge in [-0.15, -0.1) is 0 Å². The third-order valence-corrected chi connectivity index (χ3v) is 3.28. The molecule has 0 aliphatic heterocycles. The Hall–Kier alpha value is -1.88. The van der Waals surface area contributed by atoms with Crippen LogP contribution in [0, 0.1) is 0 Å². The van der Waals surface area contributed by atoms with E-state index in [1.54, 1.807) is 4.90 Å². The number of hydrogen-bond donors (Lipinski definition) is 2. The van der Waals surface area contributed by atoms with Crippen LogP contribution in [0.2, 0.25) is 0 Å². The molecule has 2 N–H and O–H groups in total. The molecule has 0 aliphatic rings. The Morgan fingerprint density at radius 1 is 1.10 bits per heavy atom. The second-order valence-electron chi connectivity index (χ2n) is 5.72. The average Bonchev–Trinajstić information content (AvgIpc) is 2.37. The fourth-order valence-electron chi connectivity index (χ4n) is 1.93. The standard InChI is InChI=1S/C16H24N2O3/c1-11(2)13-5-7-14(8-6-13)17-15(19)9-18(12(3)4)10-16(20)21/h5-8,11-12H,9-10H2,1-4H3,(H,17,19)(H,20,21). The molecule has 0 fully saturated rings. The highest BCUT2D eigenvalue weighted by Crippen LogP contribution is 2.17. The fraction of sp³-hybridized carbons (Fsp3) is 0.500. The summed E-state index contributed by atoms with van der Waals surface area (Å²) in [6.45, 7) is 7.88. The number of hydrogen-bond acceptors (Lipinski definition) is 3. The third kappa shape index (κ3) is 5.95. The number of amides is 1. The Morgan fingerprint density at radius 3 is 2.10 bits per heavy atom. The van der Waals surface area contributed by atoms with Crippen molar-refractivity contribution in [3.8, 4) is 0 Å². The molecule has 0 bridgehead atoms. The molecule has 1 aromatic carbocycles. The van der Waals surface area contributed by atoms with Crippen LogP contribution in [0.1, 0.15) is 39.2 Å². The molecular formula is C16H24N2O3. The van der Waals surface area contributed by atoms with Gasteiger partial charge in [0.05, 0.1) is 13.1 Å². The number of carbonyl (C=O) groups excluding carboxylic acids is 1. The lowest BCUT2D eigenvalue weighted by Crippen LogP contribution is -2.41. The van der Waals surface area contributed by atoms with Gasteiger partial charge in [-0.25, -0.2) is 0 Å². The Bertz CT molecular complexity index is 481. The van der Waals surface area contributed by atoms with Crippen molar-refractivity contribution in [3.63, 3.8) is 0 Å². The molecule has 0 saturated heterocycles. The molecular weight excluding hydrogens is 268 g/mol. The van der Waals surface area contributed by atoms with Crippen LogP contribution in [-0.2, 0) is 9.59 Å². The van der Waals surface area contributed by atoms with Crippen LogP contribution in [-0.4, -0.2) is 41.0 Å². The lowest BCUT2D eigenvalue weighted by molar-refractivity contribution is -0.139. The summed E-state index contributed by atoms with van der Waals surface area (Å²) in [5.41, 5.74) is 1.94. The SMILES string of the molecule is CC(C)c1ccc(NC(=O)CN(CC(=O)O)C(C)C)cc1. The van der Waals surface area contributed by atoms with Crippen molar-refractivity contribution in [1.82, 2.24) is 4.90 Å². The number of rotatable bonds is 7. The van der Waals surface area contributed by atoms with E-state index >= 15 is 0 Å². The monoisotopic (exact) mass is 292 g/mol. The van der Waals surface area contributed by atoms with Gasteiger partial charge < -0.3 is 10.4 Å². The number of aliphatic carboxylic acids is 1. The molecule has 0 spiro atoms. The van der Waals surface area contributed by atoms with Gasteiger partial charge in [-0.3, -0.25) is 14.5 Å². The van der Waals surface area contributed by atoms with Crippen LogP contribution < -0.4 is 5.32 Å². The highest BCUT2D eigenvalue weighted by molar-refractivity contribution is 5.92. The molecule has 116 valence electrons. The van der Waals surface area contributed by atoms with E-state index in [4.69, 9.17) is 5.11 Å². The van der Waals surface area contributed by atoms with Gasteiger partial charge in [-0.2, -0.15) is 0 Å². The average molecular weight is 292 g/mol. The van der Waals surface area contributed by atoms with E-state index in [2.05, 4.69) is 19.2 Å². The molecule has 21 heavy (non-hydrogen) atoms. The van der Waals surface area contributed by atoms with Crippen molar-refractivity contribution in [2.75, 3.05) is 18.4 Å². The number of nitrogens with one attached hydrogen (secondary N) is 1. The molecule has 5 nitrogen and oxygen atoms in total. The second-order valence-corrected chi connectivity index (χ2v) is 5.72. The van der Waals surface area contributed by atoms with Gasteiger partial charge in [0.25, 0.3) is 0 Å². The van der Waals surface area contributed by atoms with Crippen molar-refractivity contribution >= 4 is 17.6 Å². The van der Waals surface area contributed by atoms with Crippen molar-refractivity contribution in [1.29, 1.82) is 0 Å². The van der Waals surface area contributed by atoms with E-state index in [0.29, 0.717) is 5.92 Å². The van der Waals surface area contributed by atoms with Crippen molar-refractivity contribution in [3.05, 3.63) is 29.8 Å². The van der Waals surface area contributed by atoms with Crippen LogP contribution in [0.5, 0.6) is 0 Å². The summed E-state index contributed by atoms with van der Waals surface area (Å²) in [5, 5.41) is 11.6. The topological polar surface area (TPSA) is 69.6 Å². The van der Waals surface area contributed by atoms with Gasteiger partial charge >= 0.3 is 5.97 Å². The zero-order chi connectivity index (χ0) is 16.0. The van der Waals surface area contributed by atoms with Gasteiger partial charge in [0.15, 0.2) is 0 Å². The zero-order valence-corrected chi connectivity index (χ0v) is 13.1. The van der Waals surface area contributed by atoms with Crippen molar-refractivity contribution < 1.29 is 14.7 Å². The molecule has 0 saturated carbocycles. The molecule has 1 aromatic rings. The lowest BCUT2D eigenvalue weighted by atomic mass is 10.0. The van der Waals surface area contributed by atoms with Crippen LogP contribution >= 0.6 is 0 Å². The van der Waals surface area contributed by atoms with E-state index in [1.165, 1.54) is 5.56 Å². The van der Waals surface area contributed by atoms with Gasteiger partial charge in [0.1, 0.15) is 0 Å². The molecule has 0 radical (unpaired) electrons. The molecule has 1 amide bonds. The Balaban J connectivity index is 2.61. The van der Waals surface area contributed by atoms with Gasteiger partial charge in [-0.1, -0.05) is 26.0 Å². The van der Waals surface area contributed by atoms with Crippen LogP contribution in [0.3, 0.4) is 0 Å².